The average Bonchev–Trinajstić information content (AvgIpc) is 3.07. The molecule has 22 heavy (non-hydrogen) atoms. The van der Waals surface area contributed by atoms with Gasteiger partial charge in [-0.05, 0) is 24.3 Å². The van der Waals surface area contributed by atoms with Crippen LogP contribution in [0.25, 0.3) is 0 Å². The molecule has 1 saturated carbocycles. The van der Waals surface area contributed by atoms with Crippen molar-refractivity contribution in [3.8, 4) is 0 Å². The van der Waals surface area contributed by atoms with Crippen LogP contribution in [0, 0.1) is 0 Å². The first-order valence-electron chi connectivity index (χ1n) is 6.93. The van der Waals surface area contributed by atoms with Crippen molar-refractivity contribution in [2.24, 2.45) is 0 Å². The molecule has 0 saturated heterocycles. The van der Waals surface area contributed by atoms with E-state index in [1.165, 1.54) is 18.3 Å². The summed E-state index contributed by atoms with van der Waals surface area (Å²) in [6.45, 7) is 0.0905. The van der Waals surface area contributed by atoms with Gasteiger partial charge < -0.3 is 10.2 Å². The fraction of sp³-hybridized carbons (Fsp3) is 0.571. The van der Waals surface area contributed by atoms with Crippen molar-refractivity contribution in [3.63, 3.8) is 0 Å². The summed E-state index contributed by atoms with van der Waals surface area (Å²) in [5.74, 6) is -0.896. The lowest BCUT2D eigenvalue weighted by Crippen LogP contribution is -2.42. The fourth-order valence-electron chi connectivity index (χ4n) is 2.25. The number of alkyl halides is 3. The third-order valence-corrected chi connectivity index (χ3v) is 4.29. The maximum Gasteiger partial charge on any atom is 0.406 e. The van der Waals surface area contributed by atoms with E-state index in [0.29, 0.717) is 12.8 Å². The van der Waals surface area contributed by atoms with Gasteiger partial charge in [0.05, 0.1) is 12.5 Å². The van der Waals surface area contributed by atoms with E-state index in [9.17, 15) is 22.8 Å². The SMILES string of the molecule is CC(=O)N[C@@H](CC(=O)N(CC(F)(F)F)C1CC1)c1cccs1. The molecule has 1 aromatic heterocycles. The van der Waals surface area contributed by atoms with Gasteiger partial charge in [-0.2, -0.15) is 13.2 Å². The van der Waals surface area contributed by atoms with Crippen molar-refractivity contribution in [2.45, 2.75) is 44.4 Å². The van der Waals surface area contributed by atoms with Crippen molar-refractivity contribution >= 4 is 23.2 Å². The minimum Gasteiger partial charge on any atom is -0.348 e. The van der Waals surface area contributed by atoms with Crippen LogP contribution in [0.15, 0.2) is 17.5 Å². The fourth-order valence-corrected chi connectivity index (χ4v) is 3.03. The molecule has 2 amide bonds. The molecule has 0 radical (unpaired) electrons. The molecule has 1 fully saturated rings. The lowest BCUT2D eigenvalue weighted by Gasteiger charge is -2.26. The van der Waals surface area contributed by atoms with E-state index < -0.39 is 24.7 Å². The molecule has 4 nitrogen and oxygen atoms in total. The van der Waals surface area contributed by atoms with E-state index in [0.717, 1.165) is 9.78 Å². The van der Waals surface area contributed by atoms with Gasteiger partial charge in [0.15, 0.2) is 0 Å². The van der Waals surface area contributed by atoms with Crippen LogP contribution in [-0.2, 0) is 9.59 Å². The number of carbonyl (C=O) groups is 2. The van der Waals surface area contributed by atoms with Crippen LogP contribution >= 0.6 is 11.3 Å². The summed E-state index contributed by atoms with van der Waals surface area (Å²) in [4.78, 5) is 25.2. The molecule has 0 aromatic carbocycles. The number of thiophene rings is 1. The van der Waals surface area contributed by atoms with E-state index in [1.807, 2.05) is 0 Å². The van der Waals surface area contributed by atoms with Crippen LogP contribution in [0.5, 0.6) is 0 Å². The van der Waals surface area contributed by atoms with Crippen molar-refractivity contribution in [1.82, 2.24) is 10.2 Å². The summed E-state index contributed by atoms with van der Waals surface area (Å²) in [5, 5.41) is 4.43. The van der Waals surface area contributed by atoms with Crippen molar-refractivity contribution in [2.75, 3.05) is 6.54 Å². The van der Waals surface area contributed by atoms with E-state index in [2.05, 4.69) is 5.32 Å². The highest BCUT2D eigenvalue weighted by atomic mass is 32.1. The monoisotopic (exact) mass is 334 g/mol. The zero-order valence-electron chi connectivity index (χ0n) is 12.0. The lowest BCUT2D eigenvalue weighted by atomic mass is 10.1. The molecule has 0 spiro atoms. The van der Waals surface area contributed by atoms with Crippen LogP contribution in [-0.4, -0.2) is 35.5 Å². The smallest absolute Gasteiger partial charge is 0.348 e. The summed E-state index contributed by atoms with van der Waals surface area (Å²) in [6.07, 6.45) is -3.37. The molecule has 0 aliphatic heterocycles. The molecule has 1 aliphatic rings. The number of rotatable bonds is 6. The first kappa shape index (κ1) is 16.8. The van der Waals surface area contributed by atoms with E-state index in [-0.39, 0.29) is 18.4 Å². The van der Waals surface area contributed by atoms with Crippen LogP contribution < -0.4 is 5.32 Å². The minimum atomic E-state index is -4.41. The highest BCUT2D eigenvalue weighted by Crippen LogP contribution is 2.32. The zero-order chi connectivity index (χ0) is 16.3. The molecular formula is C14H17F3N2O2S. The summed E-state index contributed by atoms with van der Waals surface area (Å²) >= 11 is 1.36. The Morgan fingerprint density at radius 3 is 2.59 bits per heavy atom. The van der Waals surface area contributed by atoms with Crippen molar-refractivity contribution in [3.05, 3.63) is 22.4 Å². The molecule has 1 heterocycles. The highest BCUT2D eigenvalue weighted by molar-refractivity contribution is 7.10. The first-order valence-corrected chi connectivity index (χ1v) is 7.81. The molecule has 8 heteroatoms. The average molecular weight is 334 g/mol. The number of hydrogen-bond acceptors (Lipinski definition) is 3. The number of nitrogens with zero attached hydrogens (tertiary/aromatic N) is 1. The molecule has 1 atom stereocenters. The summed E-state index contributed by atoms with van der Waals surface area (Å²) < 4.78 is 37.8. The van der Waals surface area contributed by atoms with Crippen LogP contribution in [0.1, 0.15) is 37.1 Å². The van der Waals surface area contributed by atoms with Crippen LogP contribution in [0.2, 0.25) is 0 Å². The predicted octanol–water partition coefficient (Wildman–Crippen LogP) is 2.87. The maximum absolute atomic E-state index is 12.6. The highest BCUT2D eigenvalue weighted by Gasteiger charge is 2.41. The van der Waals surface area contributed by atoms with Gasteiger partial charge in [-0.3, -0.25) is 9.59 Å². The third kappa shape index (κ3) is 5.01. The van der Waals surface area contributed by atoms with Gasteiger partial charge in [-0.25, -0.2) is 0 Å². The second-order valence-electron chi connectivity index (χ2n) is 5.34. The number of amides is 2. The topological polar surface area (TPSA) is 49.4 Å². The summed E-state index contributed by atoms with van der Waals surface area (Å²) in [5.41, 5.74) is 0. The van der Waals surface area contributed by atoms with Gasteiger partial charge in [0, 0.05) is 17.8 Å². The van der Waals surface area contributed by atoms with E-state index >= 15 is 0 Å². The maximum atomic E-state index is 12.6. The van der Waals surface area contributed by atoms with Gasteiger partial charge in [-0.15, -0.1) is 11.3 Å². The van der Waals surface area contributed by atoms with E-state index in [4.69, 9.17) is 0 Å². The van der Waals surface area contributed by atoms with Crippen LogP contribution in [0.3, 0.4) is 0 Å². The Morgan fingerprint density at radius 2 is 2.14 bits per heavy atom. The molecular weight excluding hydrogens is 317 g/mol. The number of halogens is 3. The molecule has 0 bridgehead atoms. The molecule has 2 rings (SSSR count). The Balaban J connectivity index is 2.07. The molecule has 1 aromatic rings. The zero-order valence-corrected chi connectivity index (χ0v) is 12.8. The quantitative estimate of drug-likeness (QED) is 0.870. The molecule has 122 valence electrons. The van der Waals surface area contributed by atoms with Gasteiger partial charge in [0.25, 0.3) is 0 Å². The number of hydrogen-bond donors (Lipinski definition) is 1. The number of nitrogens with one attached hydrogen (secondary N) is 1. The van der Waals surface area contributed by atoms with E-state index in [1.54, 1.807) is 17.5 Å². The normalized spacial score (nSPS) is 16.2. The molecule has 1 aliphatic carbocycles. The van der Waals surface area contributed by atoms with Gasteiger partial charge >= 0.3 is 6.18 Å². The Kier molecular flexibility index (Phi) is 5.10. The Bertz CT molecular complexity index is 527. The first-order chi connectivity index (χ1) is 10.3. The number of carbonyl (C=O) groups excluding carboxylic acids is 2. The van der Waals surface area contributed by atoms with Crippen molar-refractivity contribution in [1.29, 1.82) is 0 Å². The largest absolute Gasteiger partial charge is 0.406 e. The van der Waals surface area contributed by atoms with Crippen molar-refractivity contribution < 1.29 is 22.8 Å². The minimum absolute atomic E-state index is 0.160. The van der Waals surface area contributed by atoms with Crippen LogP contribution in [0.4, 0.5) is 13.2 Å². The summed E-state index contributed by atoms with van der Waals surface area (Å²) in [7, 11) is 0. The second-order valence-corrected chi connectivity index (χ2v) is 6.32. The van der Waals surface area contributed by atoms with Gasteiger partial charge in [0.1, 0.15) is 6.54 Å². The Labute approximate surface area is 130 Å². The van der Waals surface area contributed by atoms with Gasteiger partial charge in [-0.1, -0.05) is 6.07 Å². The standard InChI is InChI=1S/C14H17F3N2O2S/c1-9(20)18-11(12-3-2-6-22-12)7-13(21)19(10-4-5-10)8-14(15,16)17/h2-3,6,10-11H,4-5,7-8H2,1H3,(H,18,20)/t11-/m0/s1. The lowest BCUT2D eigenvalue weighted by molar-refractivity contribution is -0.162. The second kappa shape index (κ2) is 6.68. The Hall–Kier alpha value is -1.57. The predicted molar refractivity (Wildman–Crippen MR) is 76.3 cm³/mol. The van der Waals surface area contributed by atoms with Gasteiger partial charge in [0.2, 0.25) is 11.8 Å². The molecule has 0 unspecified atom stereocenters. The summed E-state index contributed by atoms with van der Waals surface area (Å²) in [6, 6.07) is 2.62. The molecule has 1 N–H and O–H groups in total. The Morgan fingerprint density at radius 1 is 1.45 bits per heavy atom. The third-order valence-electron chi connectivity index (χ3n) is 3.30.